The molecule has 166 valence electrons. The molecular formula is C23H13Cl4N3O3. The van der Waals surface area contributed by atoms with E-state index >= 15 is 0 Å². The average Bonchev–Trinajstić information content (AvgIpc) is 3.00. The standard InChI is InChI=1S/C23H13Cl4N3O3/c24-13-2-1-3-16(10-13)30-22(32)19(27)20(23(30)33)28-14-6-4-12(5-7-14)21(31)29-15-8-9-17(25)18(26)11-15/h1-11,28H,(H,29,31). The summed E-state index contributed by atoms with van der Waals surface area (Å²) in [7, 11) is 0. The summed E-state index contributed by atoms with van der Waals surface area (Å²) in [6.07, 6.45) is 0. The van der Waals surface area contributed by atoms with Crippen molar-refractivity contribution in [1.29, 1.82) is 0 Å². The highest BCUT2D eigenvalue weighted by Crippen LogP contribution is 2.31. The Bertz CT molecular complexity index is 1320. The second-order valence-corrected chi connectivity index (χ2v) is 8.53. The molecule has 0 atom stereocenters. The molecule has 3 amide bonds. The summed E-state index contributed by atoms with van der Waals surface area (Å²) in [6.45, 7) is 0. The molecule has 0 fully saturated rings. The van der Waals surface area contributed by atoms with Gasteiger partial charge in [0.1, 0.15) is 10.7 Å². The number of carbonyl (C=O) groups is 3. The second kappa shape index (κ2) is 9.45. The highest BCUT2D eigenvalue weighted by Gasteiger charge is 2.39. The van der Waals surface area contributed by atoms with E-state index < -0.39 is 11.8 Å². The molecule has 0 saturated carbocycles. The van der Waals surface area contributed by atoms with Gasteiger partial charge in [-0.2, -0.15) is 0 Å². The molecule has 6 nitrogen and oxygen atoms in total. The van der Waals surface area contributed by atoms with Gasteiger partial charge in [-0.3, -0.25) is 14.4 Å². The SMILES string of the molecule is O=C(Nc1ccc(Cl)c(Cl)c1)c1ccc(NC2=C(Cl)C(=O)N(c3cccc(Cl)c3)C2=O)cc1. The maximum absolute atomic E-state index is 12.8. The Morgan fingerprint density at radius 3 is 2.12 bits per heavy atom. The minimum Gasteiger partial charge on any atom is -0.350 e. The van der Waals surface area contributed by atoms with Crippen molar-refractivity contribution >= 4 is 81.2 Å². The number of nitrogens with zero attached hydrogens (tertiary/aromatic N) is 1. The lowest BCUT2D eigenvalue weighted by atomic mass is 10.2. The number of anilines is 3. The molecular weight excluding hydrogens is 508 g/mol. The van der Waals surface area contributed by atoms with Gasteiger partial charge in [0, 0.05) is 22.0 Å². The quantitative estimate of drug-likeness (QED) is 0.385. The Morgan fingerprint density at radius 2 is 1.45 bits per heavy atom. The Morgan fingerprint density at radius 1 is 0.758 bits per heavy atom. The molecule has 1 heterocycles. The van der Waals surface area contributed by atoms with Crippen LogP contribution in [0.5, 0.6) is 0 Å². The van der Waals surface area contributed by atoms with Crippen molar-refractivity contribution in [2.24, 2.45) is 0 Å². The third-order valence-corrected chi connectivity index (χ3v) is 6.01. The van der Waals surface area contributed by atoms with Crippen LogP contribution in [-0.2, 0) is 9.59 Å². The monoisotopic (exact) mass is 519 g/mol. The number of benzene rings is 3. The van der Waals surface area contributed by atoms with Gasteiger partial charge in [-0.05, 0) is 60.7 Å². The van der Waals surface area contributed by atoms with E-state index in [1.54, 1.807) is 60.7 Å². The third-order valence-electron chi connectivity index (χ3n) is 4.69. The topological polar surface area (TPSA) is 78.5 Å². The Labute approximate surface area is 208 Å². The summed E-state index contributed by atoms with van der Waals surface area (Å²) in [5.41, 5.74) is 1.55. The van der Waals surface area contributed by atoms with Crippen LogP contribution in [0.1, 0.15) is 10.4 Å². The van der Waals surface area contributed by atoms with Crippen molar-refractivity contribution < 1.29 is 14.4 Å². The van der Waals surface area contributed by atoms with E-state index in [0.29, 0.717) is 37.7 Å². The van der Waals surface area contributed by atoms with Crippen molar-refractivity contribution in [3.63, 3.8) is 0 Å². The van der Waals surface area contributed by atoms with Gasteiger partial charge in [-0.1, -0.05) is 52.5 Å². The first-order valence-corrected chi connectivity index (χ1v) is 10.9. The van der Waals surface area contributed by atoms with Gasteiger partial charge in [0.25, 0.3) is 17.7 Å². The number of hydrogen-bond acceptors (Lipinski definition) is 4. The Kier molecular flexibility index (Phi) is 6.63. The summed E-state index contributed by atoms with van der Waals surface area (Å²) < 4.78 is 0. The summed E-state index contributed by atoms with van der Waals surface area (Å²) in [5.74, 6) is -1.64. The number of halogens is 4. The van der Waals surface area contributed by atoms with E-state index in [-0.39, 0.29) is 16.6 Å². The first-order chi connectivity index (χ1) is 15.7. The molecule has 3 aromatic carbocycles. The van der Waals surface area contributed by atoms with Crippen molar-refractivity contribution in [2.45, 2.75) is 0 Å². The van der Waals surface area contributed by atoms with Crippen LogP contribution in [0.4, 0.5) is 17.1 Å². The maximum atomic E-state index is 12.8. The number of hydrogen-bond donors (Lipinski definition) is 2. The van der Waals surface area contributed by atoms with Gasteiger partial charge in [0.15, 0.2) is 0 Å². The maximum Gasteiger partial charge on any atom is 0.283 e. The molecule has 33 heavy (non-hydrogen) atoms. The van der Waals surface area contributed by atoms with E-state index in [4.69, 9.17) is 46.4 Å². The zero-order valence-corrected chi connectivity index (χ0v) is 19.6. The molecule has 0 bridgehead atoms. The van der Waals surface area contributed by atoms with Gasteiger partial charge in [0.05, 0.1) is 15.7 Å². The van der Waals surface area contributed by atoms with E-state index in [0.717, 1.165) is 4.90 Å². The van der Waals surface area contributed by atoms with Gasteiger partial charge in [-0.15, -0.1) is 0 Å². The third kappa shape index (κ3) is 4.84. The highest BCUT2D eigenvalue weighted by molar-refractivity contribution is 6.53. The highest BCUT2D eigenvalue weighted by atomic mass is 35.5. The lowest BCUT2D eigenvalue weighted by Crippen LogP contribution is -2.32. The number of carbonyl (C=O) groups excluding carboxylic acids is 3. The lowest BCUT2D eigenvalue weighted by Gasteiger charge is -2.15. The number of nitrogens with one attached hydrogen (secondary N) is 2. The van der Waals surface area contributed by atoms with E-state index in [1.807, 2.05) is 0 Å². The first kappa shape index (κ1) is 23.1. The van der Waals surface area contributed by atoms with Crippen LogP contribution in [0.25, 0.3) is 0 Å². The summed E-state index contributed by atoms with van der Waals surface area (Å²) in [4.78, 5) is 38.8. The summed E-state index contributed by atoms with van der Waals surface area (Å²) in [5, 5.41) is 6.40. The molecule has 0 aliphatic carbocycles. The molecule has 0 saturated heterocycles. The van der Waals surface area contributed by atoms with Crippen LogP contribution in [0.15, 0.2) is 77.5 Å². The molecule has 10 heteroatoms. The Hall–Kier alpha value is -3.03. The number of amides is 3. The lowest BCUT2D eigenvalue weighted by molar-refractivity contribution is -0.120. The molecule has 1 aliphatic rings. The van der Waals surface area contributed by atoms with Gasteiger partial charge in [0.2, 0.25) is 0 Å². The normalized spacial score (nSPS) is 13.5. The van der Waals surface area contributed by atoms with Crippen LogP contribution in [-0.4, -0.2) is 17.7 Å². The predicted octanol–water partition coefficient (Wildman–Crippen LogP) is 6.33. The minimum absolute atomic E-state index is 0.0744. The first-order valence-electron chi connectivity index (χ1n) is 9.42. The van der Waals surface area contributed by atoms with Crippen LogP contribution in [0.2, 0.25) is 15.1 Å². The molecule has 3 aromatic rings. The number of rotatable bonds is 5. The van der Waals surface area contributed by atoms with Crippen LogP contribution in [0, 0.1) is 0 Å². The van der Waals surface area contributed by atoms with E-state index in [1.165, 1.54) is 6.07 Å². The minimum atomic E-state index is -0.663. The molecule has 0 radical (unpaired) electrons. The van der Waals surface area contributed by atoms with Crippen LogP contribution in [0.3, 0.4) is 0 Å². The predicted molar refractivity (Wildman–Crippen MR) is 131 cm³/mol. The zero-order chi connectivity index (χ0) is 23.7. The summed E-state index contributed by atoms with van der Waals surface area (Å²) >= 11 is 24.0. The Balaban J connectivity index is 1.48. The van der Waals surface area contributed by atoms with Crippen LogP contribution >= 0.6 is 46.4 Å². The molecule has 1 aliphatic heterocycles. The van der Waals surface area contributed by atoms with Crippen molar-refractivity contribution in [3.8, 4) is 0 Å². The molecule has 2 N–H and O–H groups in total. The van der Waals surface area contributed by atoms with Crippen molar-refractivity contribution in [3.05, 3.63) is 98.1 Å². The van der Waals surface area contributed by atoms with Crippen molar-refractivity contribution in [2.75, 3.05) is 15.5 Å². The van der Waals surface area contributed by atoms with Gasteiger partial charge in [-0.25, -0.2) is 4.90 Å². The summed E-state index contributed by atoms with van der Waals surface area (Å²) in [6, 6.07) is 17.4. The molecule has 4 rings (SSSR count). The number of imide groups is 1. The van der Waals surface area contributed by atoms with E-state index in [9.17, 15) is 14.4 Å². The second-order valence-electron chi connectivity index (χ2n) is 6.90. The van der Waals surface area contributed by atoms with Gasteiger partial charge >= 0.3 is 0 Å². The molecule has 0 unspecified atom stereocenters. The molecule has 0 aromatic heterocycles. The average molecular weight is 521 g/mol. The van der Waals surface area contributed by atoms with E-state index in [2.05, 4.69) is 10.6 Å². The largest absolute Gasteiger partial charge is 0.350 e. The van der Waals surface area contributed by atoms with Crippen LogP contribution < -0.4 is 15.5 Å². The zero-order valence-electron chi connectivity index (χ0n) is 16.5. The van der Waals surface area contributed by atoms with Crippen molar-refractivity contribution in [1.82, 2.24) is 0 Å². The smallest absolute Gasteiger partial charge is 0.283 e. The van der Waals surface area contributed by atoms with Gasteiger partial charge < -0.3 is 10.6 Å². The fourth-order valence-corrected chi connectivity index (χ4v) is 3.78. The molecule has 0 spiro atoms. The fourth-order valence-electron chi connectivity index (χ4n) is 3.09. The fraction of sp³-hybridized carbons (Fsp3) is 0.